The maximum absolute atomic E-state index is 8.89. The number of hydrogen-bond donors (Lipinski definition) is 0. The summed E-state index contributed by atoms with van der Waals surface area (Å²) >= 11 is 0. The zero-order valence-corrected chi connectivity index (χ0v) is 15.8. The fourth-order valence-electron chi connectivity index (χ4n) is 3.34. The van der Waals surface area contributed by atoms with Crippen molar-refractivity contribution >= 4 is 27.5 Å². The van der Waals surface area contributed by atoms with Crippen LogP contribution in [-0.2, 0) is 17.6 Å². The Kier molecular flexibility index (Phi) is 6.23. The molecule has 0 spiro atoms. The quantitative estimate of drug-likeness (QED) is 0.451. The van der Waals surface area contributed by atoms with Crippen LogP contribution in [0.25, 0.3) is 21.5 Å². The number of rotatable bonds is 0. The van der Waals surface area contributed by atoms with E-state index in [1.165, 1.54) is 47.2 Å². The molecule has 0 aromatic heterocycles. The molecule has 4 rings (SSSR count). The van der Waals surface area contributed by atoms with Crippen LogP contribution in [0.5, 0.6) is 0 Å². The Morgan fingerprint density at radius 1 is 0.870 bits per heavy atom. The van der Waals surface area contributed by atoms with Crippen molar-refractivity contribution < 1.29 is 39.5 Å². The van der Waals surface area contributed by atoms with E-state index in [4.69, 9.17) is 9.90 Å². The van der Waals surface area contributed by atoms with E-state index in [-0.39, 0.29) is 29.6 Å². The minimum atomic E-state index is -1.08. The van der Waals surface area contributed by atoms with Crippen LogP contribution in [-0.4, -0.2) is 5.97 Å². The van der Waals surface area contributed by atoms with Gasteiger partial charge in [0, 0.05) is 5.97 Å². The van der Waals surface area contributed by atoms with E-state index in [1.807, 2.05) is 0 Å². The first-order chi connectivity index (χ1) is 10.7. The molecule has 0 saturated heterocycles. The molecule has 0 atom stereocenters. The van der Waals surface area contributed by atoms with Crippen LogP contribution in [0.1, 0.15) is 30.9 Å². The molecule has 3 aromatic rings. The molecule has 0 saturated carbocycles. The fraction of sp³-hybridized carbons (Fsp3) is 0.250. The molecule has 3 aromatic carbocycles. The van der Waals surface area contributed by atoms with Gasteiger partial charge in [-0.15, -0.1) is 0 Å². The van der Waals surface area contributed by atoms with E-state index >= 15 is 0 Å². The third kappa shape index (κ3) is 3.95. The Hall–Kier alpha value is -1.35. The van der Waals surface area contributed by atoms with Gasteiger partial charge in [-0.2, -0.15) is 0 Å². The molecule has 0 amide bonds. The number of carboxylic acids is 1. The van der Waals surface area contributed by atoms with Crippen molar-refractivity contribution in [3.8, 4) is 0 Å². The molecule has 112 valence electrons. The number of benzene rings is 3. The van der Waals surface area contributed by atoms with Gasteiger partial charge >= 0.3 is 29.6 Å². The van der Waals surface area contributed by atoms with Crippen LogP contribution >= 0.6 is 0 Å². The fourth-order valence-corrected chi connectivity index (χ4v) is 3.34. The zero-order valence-electron chi connectivity index (χ0n) is 13.8. The smallest absolute Gasteiger partial charge is 0.550 e. The summed E-state index contributed by atoms with van der Waals surface area (Å²) in [7, 11) is 0. The summed E-state index contributed by atoms with van der Waals surface area (Å²) in [6.45, 7) is 0.972. The topological polar surface area (TPSA) is 40.1 Å². The number of aryl methyl sites for hydroxylation is 2. The van der Waals surface area contributed by atoms with Gasteiger partial charge in [0.15, 0.2) is 0 Å². The van der Waals surface area contributed by atoms with Crippen molar-refractivity contribution in [2.24, 2.45) is 0 Å². The van der Waals surface area contributed by atoms with E-state index in [0.717, 1.165) is 6.92 Å². The van der Waals surface area contributed by atoms with Crippen LogP contribution in [0, 0.1) is 0 Å². The second-order valence-corrected chi connectivity index (χ2v) is 5.78. The van der Waals surface area contributed by atoms with Crippen molar-refractivity contribution in [1.29, 1.82) is 0 Å². The monoisotopic (exact) mass is 314 g/mol. The maximum atomic E-state index is 8.89. The molecule has 0 aliphatic heterocycles. The van der Waals surface area contributed by atoms with Crippen molar-refractivity contribution in [2.75, 3.05) is 0 Å². The standard InChI is InChI=1S/C18H16.C2H4O2.Na/c1-3-7-15-13(5-1)9-11-18-16-8-4-2-6-14(16)10-12-17(15)18;1-2(3)4;/h1,3,5,7,9-12H,2,4,6,8H2;1H3,(H,3,4);/q;;+1/p-1. The molecule has 0 N–H and O–H groups in total. The summed E-state index contributed by atoms with van der Waals surface area (Å²) in [5.74, 6) is -1.08. The van der Waals surface area contributed by atoms with Gasteiger partial charge in [0.2, 0.25) is 0 Å². The van der Waals surface area contributed by atoms with Crippen molar-refractivity contribution in [3.63, 3.8) is 0 Å². The van der Waals surface area contributed by atoms with Gasteiger partial charge in [0.1, 0.15) is 0 Å². The molecule has 0 fully saturated rings. The first-order valence-corrected chi connectivity index (χ1v) is 7.76. The zero-order chi connectivity index (χ0) is 15.5. The Bertz CT molecular complexity index is 836. The summed E-state index contributed by atoms with van der Waals surface area (Å²) in [5, 5.41) is 14.5. The van der Waals surface area contributed by atoms with E-state index < -0.39 is 5.97 Å². The molecule has 23 heavy (non-hydrogen) atoms. The summed E-state index contributed by atoms with van der Waals surface area (Å²) < 4.78 is 0. The number of hydrogen-bond acceptors (Lipinski definition) is 2. The van der Waals surface area contributed by atoms with Gasteiger partial charge in [0.25, 0.3) is 0 Å². The van der Waals surface area contributed by atoms with Gasteiger partial charge in [-0.1, -0.05) is 48.5 Å². The number of carbonyl (C=O) groups is 1. The number of carbonyl (C=O) groups excluding carboxylic acids is 1. The normalized spacial score (nSPS) is 12.7. The van der Waals surface area contributed by atoms with E-state index in [0.29, 0.717) is 0 Å². The van der Waals surface area contributed by atoms with Gasteiger partial charge in [-0.3, -0.25) is 0 Å². The van der Waals surface area contributed by atoms with E-state index in [9.17, 15) is 0 Å². The largest absolute Gasteiger partial charge is 1.00 e. The molecule has 0 radical (unpaired) electrons. The Morgan fingerprint density at radius 3 is 2.30 bits per heavy atom. The van der Waals surface area contributed by atoms with Gasteiger partial charge < -0.3 is 9.90 Å². The molecule has 1 aliphatic carbocycles. The maximum Gasteiger partial charge on any atom is 1.00 e. The Balaban J connectivity index is 0.000000349. The Labute approximate surface area is 158 Å². The molecule has 2 nitrogen and oxygen atoms in total. The van der Waals surface area contributed by atoms with E-state index in [1.54, 1.807) is 11.1 Å². The van der Waals surface area contributed by atoms with Crippen LogP contribution in [0.4, 0.5) is 0 Å². The predicted octanol–water partition coefficient (Wildman–Crippen LogP) is 0.632. The summed E-state index contributed by atoms with van der Waals surface area (Å²) in [4.78, 5) is 8.89. The predicted molar refractivity (Wildman–Crippen MR) is 88.8 cm³/mol. The number of carboxylic acid groups (broad SMARTS) is 1. The van der Waals surface area contributed by atoms with Crippen LogP contribution < -0.4 is 34.7 Å². The molecule has 0 unspecified atom stereocenters. The number of fused-ring (bicyclic) bond motifs is 5. The van der Waals surface area contributed by atoms with Gasteiger partial charge in [0.05, 0.1) is 0 Å². The molecule has 3 heteroatoms. The Morgan fingerprint density at radius 2 is 1.52 bits per heavy atom. The second-order valence-electron chi connectivity index (χ2n) is 5.78. The molecular weight excluding hydrogens is 295 g/mol. The SMILES string of the molecule is CC(=O)[O-].[Na+].c1ccc2c(c1)ccc1c3c(ccc12)CCCC3. The van der Waals surface area contributed by atoms with Gasteiger partial charge in [-0.05, 0) is 65.3 Å². The van der Waals surface area contributed by atoms with Crippen LogP contribution in [0.3, 0.4) is 0 Å². The average molecular weight is 314 g/mol. The van der Waals surface area contributed by atoms with Gasteiger partial charge in [-0.25, -0.2) is 0 Å². The molecule has 1 aliphatic rings. The van der Waals surface area contributed by atoms with Crippen molar-refractivity contribution in [3.05, 3.63) is 59.7 Å². The summed E-state index contributed by atoms with van der Waals surface area (Å²) in [6.07, 6.45) is 5.22. The minimum absolute atomic E-state index is 0. The van der Waals surface area contributed by atoms with E-state index in [2.05, 4.69) is 48.5 Å². The summed E-state index contributed by atoms with van der Waals surface area (Å²) in [6, 6.07) is 18.0. The van der Waals surface area contributed by atoms with Crippen molar-refractivity contribution in [2.45, 2.75) is 32.6 Å². The first-order valence-electron chi connectivity index (χ1n) is 7.76. The van der Waals surface area contributed by atoms with Crippen LogP contribution in [0.15, 0.2) is 48.5 Å². The molecule has 0 heterocycles. The molecular formula is C20H19NaO2. The third-order valence-electron chi connectivity index (χ3n) is 4.26. The molecule has 0 bridgehead atoms. The third-order valence-corrected chi connectivity index (χ3v) is 4.26. The van der Waals surface area contributed by atoms with Crippen molar-refractivity contribution in [1.82, 2.24) is 0 Å². The first kappa shape index (κ1) is 18.0. The average Bonchev–Trinajstić information content (AvgIpc) is 2.54. The summed E-state index contributed by atoms with van der Waals surface area (Å²) in [5.41, 5.74) is 3.17. The second kappa shape index (κ2) is 7.96. The minimum Gasteiger partial charge on any atom is -0.550 e. The van der Waals surface area contributed by atoms with Crippen LogP contribution in [0.2, 0.25) is 0 Å². The number of aliphatic carboxylic acids is 1.